The third-order valence-electron chi connectivity index (χ3n) is 4.99. The van der Waals surface area contributed by atoms with E-state index in [4.69, 9.17) is 5.73 Å². The van der Waals surface area contributed by atoms with E-state index in [2.05, 4.69) is 18.7 Å². The highest BCUT2D eigenvalue weighted by molar-refractivity contribution is 4.86. The number of nitrogens with zero attached hydrogens (tertiary/aromatic N) is 1. The lowest BCUT2D eigenvalue weighted by molar-refractivity contribution is 0.0941. The zero-order chi connectivity index (χ0) is 12.3. The van der Waals surface area contributed by atoms with Gasteiger partial charge in [-0.1, -0.05) is 20.3 Å². The molecule has 2 nitrogen and oxygen atoms in total. The van der Waals surface area contributed by atoms with Crippen LogP contribution in [0.4, 0.5) is 0 Å². The Morgan fingerprint density at radius 3 is 2.76 bits per heavy atom. The summed E-state index contributed by atoms with van der Waals surface area (Å²) in [5, 5.41) is 0. The SMILES string of the molecule is CCC1CCCCN1CC1CC(C)CCC1N. The fourth-order valence-electron chi connectivity index (χ4n) is 3.80. The maximum absolute atomic E-state index is 6.32. The van der Waals surface area contributed by atoms with Crippen molar-refractivity contribution in [2.75, 3.05) is 13.1 Å². The van der Waals surface area contributed by atoms with Gasteiger partial charge in [0.1, 0.15) is 0 Å². The van der Waals surface area contributed by atoms with Crippen LogP contribution in [0.15, 0.2) is 0 Å². The van der Waals surface area contributed by atoms with Gasteiger partial charge in [-0.3, -0.25) is 0 Å². The Balaban J connectivity index is 1.89. The van der Waals surface area contributed by atoms with Crippen molar-refractivity contribution in [3.05, 3.63) is 0 Å². The first-order valence-electron chi connectivity index (χ1n) is 7.70. The Morgan fingerprint density at radius 2 is 2.00 bits per heavy atom. The van der Waals surface area contributed by atoms with Gasteiger partial charge in [-0.05, 0) is 56.9 Å². The molecule has 0 bridgehead atoms. The first-order chi connectivity index (χ1) is 8.20. The van der Waals surface area contributed by atoms with E-state index >= 15 is 0 Å². The molecule has 0 aromatic heterocycles. The molecule has 1 heterocycles. The molecule has 0 radical (unpaired) electrons. The molecule has 2 fully saturated rings. The smallest absolute Gasteiger partial charge is 0.00927 e. The highest BCUT2D eigenvalue weighted by atomic mass is 15.2. The summed E-state index contributed by atoms with van der Waals surface area (Å²) in [5.41, 5.74) is 6.32. The van der Waals surface area contributed by atoms with Crippen LogP contribution in [0.5, 0.6) is 0 Å². The predicted molar refractivity (Wildman–Crippen MR) is 74.0 cm³/mol. The normalized spacial score (nSPS) is 40.4. The van der Waals surface area contributed by atoms with Crippen LogP contribution < -0.4 is 5.73 Å². The van der Waals surface area contributed by atoms with Gasteiger partial charge in [0.05, 0.1) is 0 Å². The minimum absolute atomic E-state index is 0.464. The predicted octanol–water partition coefficient (Wildman–Crippen LogP) is 3.01. The summed E-state index contributed by atoms with van der Waals surface area (Å²) in [6, 6.07) is 1.30. The second kappa shape index (κ2) is 6.19. The van der Waals surface area contributed by atoms with Crippen LogP contribution >= 0.6 is 0 Å². The van der Waals surface area contributed by atoms with E-state index in [1.54, 1.807) is 0 Å². The average Bonchev–Trinajstić information content (AvgIpc) is 2.34. The standard InChI is InChI=1S/C15H30N2/c1-3-14-6-4-5-9-17(14)11-13-10-12(2)7-8-15(13)16/h12-15H,3-11,16H2,1-2H3. The lowest BCUT2D eigenvalue weighted by atomic mass is 9.78. The molecule has 2 N–H and O–H groups in total. The summed E-state index contributed by atoms with van der Waals surface area (Å²) in [6.07, 6.45) is 9.50. The van der Waals surface area contributed by atoms with Crippen molar-refractivity contribution < 1.29 is 0 Å². The van der Waals surface area contributed by atoms with Gasteiger partial charge in [0.2, 0.25) is 0 Å². The zero-order valence-corrected chi connectivity index (χ0v) is 11.7. The van der Waals surface area contributed by atoms with Crippen LogP contribution in [0.1, 0.15) is 58.8 Å². The molecule has 0 amide bonds. The second-order valence-electron chi connectivity index (χ2n) is 6.39. The summed E-state index contributed by atoms with van der Waals surface area (Å²) in [7, 11) is 0. The van der Waals surface area contributed by atoms with Gasteiger partial charge in [-0.25, -0.2) is 0 Å². The van der Waals surface area contributed by atoms with Gasteiger partial charge < -0.3 is 10.6 Å². The fraction of sp³-hybridized carbons (Fsp3) is 1.00. The van der Waals surface area contributed by atoms with E-state index in [-0.39, 0.29) is 0 Å². The third-order valence-corrected chi connectivity index (χ3v) is 4.99. The Kier molecular flexibility index (Phi) is 4.87. The van der Waals surface area contributed by atoms with Gasteiger partial charge in [-0.15, -0.1) is 0 Å². The van der Waals surface area contributed by atoms with Gasteiger partial charge in [0, 0.05) is 18.6 Å². The molecule has 0 spiro atoms. The Bertz CT molecular complexity index is 229. The van der Waals surface area contributed by atoms with Crippen molar-refractivity contribution in [2.24, 2.45) is 17.6 Å². The van der Waals surface area contributed by atoms with Crippen LogP contribution in [0, 0.1) is 11.8 Å². The largest absolute Gasteiger partial charge is 0.327 e. The molecule has 2 heteroatoms. The minimum Gasteiger partial charge on any atom is -0.327 e. The minimum atomic E-state index is 0.464. The maximum atomic E-state index is 6.32. The fourth-order valence-corrected chi connectivity index (χ4v) is 3.80. The first kappa shape index (κ1) is 13.4. The van der Waals surface area contributed by atoms with E-state index in [1.165, 1.54) is 58.0 Å². The molecule has 1 aliphatic heterocycles. The second-order valence-corrected chi connectivity index (χ2v) is 6.39. The van der Waals surface area contributed by atoms with E-state index in [1.807, 2.05) is 0 Å². The molecule has 17 heavy (non-hydrogen) atoms. The number of nitrogens with two attached hydrogens (primary N) is 1. The highest BCUT2D eigenvalue weighted by Gasteiger charge is 2.30. The molecular weight excluding hydrogens is 208 g/mol. The van der Waals surface area contributed by atoms with Crippen LogP contribution in [-0.2, 0) is 0 Å². The number of rotatable bonds is 3. The lowest BCUT2D eigenvalue weighted by Gasteiger charge is -2.41. The quantitative estimate of drug-likeness (QED) is 0.819. The third kappa shape index (κ3) is 3.45. The van der Waals surface area contributed by atoms with Crippen molar-refractivity contribution in [3.8, 4) is 0 Å². The summed E-state index contributed by atoms with van der Waals surface area (Å²) in [4.78, 5) is 2.74. The molecule has 1 saturated heterocycles. The number of piperidine rings is 1. The molecule has 4 unspecified atom stereocenters. The van der Waals surface area contributed by atoms with Gasteiger partial charge in [0.25, 0.3) is 0 Å². The Labute approximate surface area is 107 Å². The van der Waals surface area contributed by atoms with Crippen molar-refractivity contribution in [2.45, 2.75) is 70.9 Å². The van der Waals surface area contributed by atoms with Crippen molar-refractivity contribution in [1.82, 2.24) is 4.90 Å². The molecule has 1 saturated carbocycles. The van der Waals surface area contributed by atoms with Gasteiger partial charge >= 0.3 is 0 Å². The Morgan fingerprint density at radius 1 is 1.18 bits per heavy atom. The average molecular weight is 238 g/mol. The molecule has 1 aliphatic carbocycles. The van der Waals surface area contributed by atoms with Gasteiger partial charge in [0.15, 0.2) is 0 Å². The molecule has 2 aliphatic rings. The summed E-state index contributed by atoms with van der Waals surface area (Å²) in [6.45, 7) is 7.32. The van der Waals surface area contributed by atoms with Crippen LogP contribution in [0.3, 0.4) is 0 Å². The molecule has 0 aromatic carbocycles. The van der Waals surface area contributed by atoms with Crippen molar-refractivity contribution in [1.29, 1.82) is 0 Å². The van der Waals surface area contributed by atoms with Crippen LogP contribution in [0.2, 0.25) is 0 Å². The summed E-state index contributed by atoms with van der Waals surface area (Å²) < 4.78 is 0. The Hall–Kier alpha value is -0.0800. The molecule has 0 aromatic rings. The maximum Gasteiger partial charge on any atom is 0.00927 e. The van der Waals surface area contributed by atoms with Crippen molar-refractivity contribution in [3.63, 3.8) is 0 Å². The van der Waals surface area contributed by atoms with E-state index in [9.17, 15) is 0 Å². The zero-order valence-electron chi connectivity index (χ0n) is 11.7. The topological polar surface area (TPSA) is 29.3 Å². The van der Waals surface area contributed by atoms with Gasteiger partial charge in [-0.2, -0.15) is 0 Å². The number of likely N-dealkylation sites (tertiary alicyclic amines) is 1. The number of hydrogen-bond acceptors (Lipinski definition) is 2. The summed E-state index contributed by atoms with van der Waals surface area (Å²) in [5.74, 6) is 1.65. The molecule has 4 atom stereocenters. The lowest BCUT2D eigenvalue weighted by Crippen LogP contribution is -2.47. The van der Waals surface area contributed by atoms with E-state index in [0.717, 1.165) is 17.9 Å². The van der Waals surface area contributed by atoms with E-state index in [0.29, 0.717) is 6.04 Å². The molecule has 2 rings (SSSR count). The van der Waals surface area contributed by atoms with Crippen LogP contribution in [0.25, 0.3) is 0 Å². The number of hydrogen-bond donors (Lipinski definition) is 1. The van der Waals surface area contributed by atoms with Crippen molar-refractivity contribution >= 4 is 0 Å². The molecule has 100 valence electrons. The monoisotopic (exact) mass is 238 g/mol. The van der Waals surface area contributed by atoms with E-state index < -0.39 is 0 Å². The molecular formula is C15H30N2. The highest BCUT2D eigenvalue weighted by Crippen LogP contribution is 2.30. The summed E-state index contributed by atoms with van der Waals surface area (Å²) >= 11 is 0. The van der Waals surface area contributed by atoms with Crippen LogP contribution in [-0.4, -0.2) is 30.1 Å². The first-order valence-corrected chi connectivity index (χ1v) is 7.70.